The molecule has 1 aliphatic rings. The summed E-state index contributed by atoms with van der Waals surface area (Å²) in [4.78, 5) is 53.4. The zero-order valence-corrected chi connectivity index (χ0v) is 21.7. The molecule has 1 heterocycles. The molecule has 10 nitrogen and oxygen atoms in total. The Bertz CT molecular complexity index is 1520. The third-order valence-corrected chi connectivity index (χ3v) is 7.12. The second-order valence-electron chi connectivity index (χ2n) is 8.96. The maximum Gasteiger partial charge on any atom is 0.257 e. The van der Waals surface area contributed by atoms with Crippen LogP contribution in [-0.2, 0) is 30.8 Å². The van der Waals surface area contributed by atoms with E-state index < -0.39 is 39.6 Å². The summed E-state index contributed by atoms with van der Waals surface area (Å²) >= 11 is 0. The van der Waals surface area contributed by atoms with Gasteiger partial charge in [-0.2, -0.15) is 0 Å². The Morgan fingerprint density at radius 1 is 1.00 bits per heavy atom. The second kappa shape index (κ2) is 11.1. The molecule has 1 atom stereocenters. The molecule has 0 radical (unpaired) electrons. The summed E-state index contributed by atoms with van der Waals surface area (Å²) in [6, 6.07) is 15.6. The number of hydrogen-bond donors (Lipinski definition) is 2. The zero-order chi connectivity index (χ0) is 28.3. The van der Waals surface area contributed by atoms with Crippen LogP contribution in [0.2, 0.25) is 0 Å². The predicted molar refractivity (Wildman–Crippen MR) is 141 cm³/mol. The number of rotatable bonds is 8. The number of sulfonamides is 1. The highest BCUT2D eigenvalue weighted by atomic mass is 32.2. The van der Waals surface area contributed by atoms with Gasteiger partial charge in [-0.3, -0.25) is 19.2 Å². The topological polar surface area (TPSA) is 147 Å². The summed E-state index contributed by atoms with van der Waals surface area (Å²) in [7, 11) is -3.88. The Hall–Kier alpha value is -4.42. The average Bonchev–Trinajstić information content (AvgIpc) is 3.18. The van der Waals surface area contributed by atoms with E-state index in [0.717, 1.165) is 17.0 Å². The van der Waals surface area contributed by atoms with Gasteiger partial charge in [0.15, 0.2) is 0 Å². The summed E-state index contributed by atoms with van der Waals surface area (Å²) in [5, 5.41) is 7.75. The molecule has 1 saturated heterocycles. The van der Waals surface area contributed by atoms with Crippen molar-refractivity contribution < 1.29 is 32.0 Å². The molecule has 0 spiro atoms. The molecule has 0 aliphatic carbocycles. The van der Waals surface area contributed by atoms with Crippen LogP contribution in [0.5, 0.6) is 0 Å². The van der Waals surface area contributed by atoms with E-state index in [1.54, 1.807) is 24.3 Å². The Balaban J connectivity index is 1.60. The highest BCUT2D eigenvalue weighted by Gasteiger charge is 2.44. The van der Waals surface area contributed by atoms with E-state index in [2.05, 4.69) is 5.32 Å². The van der Waals surface area contributed by atoms with Crippen LogP contribution < -0.4 is 15.4 Å². The van der Waals surface area contributed by atoms with E-state index >= 15 is 0 Å². The monoisotopic (exact) mass is 552 g/mol. The van der Waals surface area contributed by atoms with Crippen molar-refractivity contribution >= 4 is 45.0 Å². The van der Waals surface area contributed by atoms with Crippen LogP contribution in [0.4, 0.5) is 15.8 Å². The number of nitrogens with two attached hydrogens (primary N) is 1. The quantitative estimate of drug-likeness (QED) is 0.411. The number of primary sulfonamides is 1. The number of halogens is 1. The smallest absolute Gasteiger partial charge is 0.257 e. The SMILES string of the molecule is CC(=O)Nc1ccc(N2C(=O)CC(N(CCc3ccc(S(N)(=O)=O)cc3)C(=O)c3ccc(F)cc3)C2=O)cc1. The van der Waals surface area contributed by atoms with E-state index in [1.807, 2.05) is 0 Å². The summed E-state index contributed by atoms with van der Waals surface area (Å²) in [6.45, 7) is 1.37. The maximum absolute atomic E-state index is 13.5. The lowest BCUT2D eigenvalue weighted by Crippen LogP contribution is -2.46. The fraction of sp³-hybridized carbons (Fsp3) is 0.185. The first-order valence-corrected chi connectivity index (χ1v) is 13.4. The lowest BCUT2D eigenvalue weighted by Gasteiger charge is -2.28. The van der Waals surface area contributed by atoms with Gasteiger partial charge in [-0.1, -0.05) is 12.1 Å². The van der Waals surface area contributed by atoms with Gasteiger partial charge in [-0.15, -0.1) is 0 Å². The lowest BCUT2D eigenvalue weighted by atomic mass is 10.1. The van der Waals surface area contributed by atoms with Gasteiger partial charge in [-0.05, 0) is 72.6 Å². The summed E-state index contributed by atoms with van der Waals surface area (Å²) in [6.07, 6.45) is -0.0230. The Morgan fingerprint density at radius 3 is 2.18 bits per heavy atom. The molecular weight excluding hydrogens is 527 g/mol. The van der Waals surface area contributed by atoms with Gasteiger partial charge in [0.25, 0.3) is 11.8 Å². The standard InChI is InChI=1S/C27H25FN4O6S/c1-17(33)30-21-8-10-22(11-9-21)32-25(34)16-24(27(32)36)31(26(35)19-4-6-20(28)7-5-19)15-14-18-2-12-23(13-3-18)39(29,37)38/h2-13,24H,14-16H2,1H3,(H,30,33)(H2,29,37,38). The predicted octanol–water partition coefficient (Wildman–Crippen LogP) is 2.45. The van der Waals surface area contributed by atoms with Crippen molar-refractivity contribution in [2.45, 2.75) is 30.7 Å². The van der Waals surface area contributed by atoms with Crippen molar-refractivity contribution in [2.24, 2.45) is 5.14 Å². The van der Waals surface area contributed by atoms with E-state index in [-0.39, 0.29) is 41.4 Å². The van der Waals surface area contributed by atoms with E-state index in [0.29, 0.717) is 11.3 Å². The molecule has 202 valence electrons. The van der Waals surface area contributed by atoms with Gasteiger partial charge in [0.1, 0.15) is 11.9 Å². The normalized spacial score (nSPS) is 15.4. The highest BCUT2D eigenvalue weighted by Crippen LogP contribution is 2.28. The molecule has 0 saturated carbocycles. The minimum absolute atomic E-state index is 0.0178. The van der Waals surface area contributed by atoms with Gasteiger partial charge in [0, 0.05) is 24.7 Å². The number of nitrogens with zero attached hydrogens (tertiary/aromatic N) is 2. The number of carbonyl (C=O) groups excluding carboxylic acids is 4. The minimum atomic E-state index is -3.88. The molecule has 3 N–H and O–H groups in total. The highest BCUT2D eigenvalue weighted by molar-refractivity contribution is 7.89. The maximum atomic E-state index is 13.5. The van der Waals surface area contributed by atoms with Gasteiger partial charge in [-0.25, -0.2) is 22.8 Å². The molecule has 3 aromatic carbocycles. The van der Waals surface area contributed by atoms with E-state index in [9.17, 15) is 32.0 Å². The van der Waals surface area contributed by atoms with Gasteiger partial charge in [0.2, 0.25) is 21.8 Å². The number of benzene rings is 3. The third kappa shape index (κ3) is 6.36. The molecule has 4 amide bonds. The molecule has 39 heavy (non-hydrogen) atoms. The van der Waals surface area contributed by atoms with Crippen LogP contribution in [0, 0.1) is 5.82 Å². The van der Waals surface area contributed by atoms with Crippen LogP contribution in [0.1, 0.15) is 29.3 Å². The molecule has 0 aromatic heterocycles. The van der Waals surface area contributed by atoms with E-state index in [1.165, 1.54) is 48.2 Å². The Kier molecular flexibility index (Phi) is 7.88. The number of imide groups is 1. The minimum Gasteiger partial charge on any atom is -0.326 e. The molecule has 1 aliphatic heterocycles. The van der Waals surface area contributed by atoms with Crippen LogP contribution in [0.3, 0.4) is 0 Å². The number of anilines is 2. The fourth-order valence-electron chi connectivity index (χ4n) is 4.28. The summed E-state index contributed by atoms with van der Waals surface area (Å²) in [5.74, 6) is -2.48. The first-order valence-electron chi connectivity index (χ1n) is 11.9. The molecule has 1 fully saturated rings. The Labute approximate surface area is 224 Å². The van der Waals surface area contributed by atoms with Crippen molar-refractivity contribution in [1.29, 1.82) is 0 Å². The van der Waals surface area contributed by atoms with Crippen LogP contribution in [-0.4, -0.2) is 49.5 Å². The van der Waals surface area contributed by atoms with Crippen LogP contribution >= 0.6 is 0 Å². The van der Waals surface area contributed by atoms with Crippen molar-refractivity contribution in [1.82, 2.24) is 4.90 Å². The zero-order valence-electron chi connectivity index (χ0n) is 20.8. The van der Waals surface area contributed by atoms with Gasteiger partial charge < -0.3 is 10.2 Å². The van der Waals surface area contributed by atoms with Crippen molar-refractivity contribution in [3.8, 4) is 0 Å². The van der Waals surface area contributed by atoms with Crippen molar-refractivity contribution in [3.05, 3.63) is 89.7 Å². The largest absolute Gasteiger partial charge is 0.326 e. The van der Waals surface area contributed by atoms with Crippen molar-refractivity contribution in [2.75, 3.05) is 16.8 Å². The van der Waals surface area contributed by atoms with Crippen LogP contribution in [0.15, 0.2) is 77.7 Å². The summed E-state index contributed by atoms with van der Waals surface area (Å²) in [5.41, 5.74) is 1.58. The average molecular weight is 553 g/mol. The second-order valence-corrected chi connectivity index (χ2v) is 10.5. The molecule has 0 bridgehead atoms. The number of nitrogens with one attached hydrogen (secondary N) is 1. The summed E-state index contributed by atoms with van der Waals surface area (Å²) < 4.78 is 36.6. The Morgan fingerprint density at radius 2 is 1.62 bits per heavy atom. The van der Waals surface area contributed by atoms with Gasteiger partial charge >= 0.3 is 0 Å². The molecule has 12 heteroatoms. The van der Waals surface area contributed by atoms with Crippen molar-refractivity contribution in [3.63, 3.8) is 0 Å². The molecular formula is C27H25FN4O6S. The molecule has 1 unspecified atom stereocenters. The molecule has 4 rings (SSSR count). The van der Waals surface area contributed by atoms with Gasteiger partial charge in [0.05, 0.1) is 17.0 Å². The van der Waals surface area contributed by atoms with E-state index in [4.69, 9.17) is 5.14 Å². The first kappa shape index (κ1) is 27.6. The fourth-order valence-corrected chi connectivity index (χ4v) is 4.80. The number of amides is 4. The molecule has 3 aromatic rings. The van der Waals surface area contributed by atoms with Crippen LogP contribution in [0.25, 0.3) is 0 Å². The lowest BCUT2D eigenvalue weighted by molar-refractivity contribution is -0.122. The number of carbonyl (C=O) groups is 4. The third-order valence-electron chi connectivity index (χ3n) is 6.19. The first-order chi connectivity index (χ1) is 18.4. The number of hydrogen-bond acceptors (Lipinski definition) is 6.